The maximum Gasteiger partial charge on any atom is 0.262 e. The van der Waals surface area contributed by atoms with E-state index >= 15 is 0 Å². The zero-order valence-corrected chi connectivity index (χ0v) is 17.5. The highest BCUT2D eigenvalue weighted by atomic mass is 16.2. The average Bonchev–Trinajstić information content (AvgIpc) is 2.64. The highest BCUT2D eigenvalue weighted by Gasteiger charge is 2.17. The van der Waals surface area contributed by atoms with Gasteiger partial charge in [0.25, 0.3) is 5.56 Å². The molecule has 0 aliphatic rings. The van der Waals surface area contributed by atoms with E-state index in [9.17, 15) is 9.59 Å². The fraction of sp³-hybridized carbons (Fsp3) is 0.348. The van der Waals surface area contributed by atoms with Crippen LogP contribution in [0.2, 0.25) is 0 Å². The number of nitrogens with one attached hydrogen (secondary N) is 1. The van der Waals surface area contributed by atoms with Gasteiger partial charge >= 0.3 is 0 Å². The molecule has 1 amide bonds. The summed E-state index contributed by atoms with van der Waals surface area (Å²) < 4.78 is 1.40. The van der Waals surface area contributed by atoms with Crippen molar-refractivity contribution in [1.82, 2.24) is 9.55 Å². The number of benzene rings is 2. The lowest BCUT2D eigenvalue weighted by Gasteiger charge is -2.20. The largest absolute Gasteiger partial charge is 0.368 e. The van der Waals surface area contributed by atoms with Crippen LogP contribution in [0.3, 0.4) is 0 Å². The van der Waals surface area contributed by atoms with Crippen molar-refractivity contribution < 1.29 is 9.69 Å². The molecule has 0 aliphatic heterocycles. The summed E-state index contributed by atoms with van der Waals surface area (Å²) in [6, 6.07) is 15.8. The summed E-state index contributed by atoms with van der Waals surface area (Å²) in [6.45, 7) is 7.71. The van der Waals surface area contributed by atoms with Crippen molar-refractivity contribution in [3.8, 4) is 0 Å². The number of hydrogen-bond donors (Lipinski definition) is 2. The minimum Gasteiger partial charge on any atom is -0.368 e. The second-order valence-corrected chi connectivity index (χ2v) is 8.66. The van der Waals surface area contributed by atoms with Gasteiger partial charge in [-0.2, -0.15) is 0 Å². The van der Waals surface area contributed by atoms with Crippen LogP contribution in [0, 0.1) is 0 Å². The summed E-state index contributed by atoms with van der Waals surface area (Å²) in [5, 5.41) is 0.493. The number of carbonyl (C=O) groups excluding carboxylic acids is 1. The van der Waals surface area contributed by atoms with E-state index in [1.165, 1.54) is 15.7 Å². The fourth-order valence-corrected chi connectivity index (χ4v) is 3.47. The Hall–Kier alpha value is -2.99. The quantitative estimate of drug-likeness (QED) is 0.664. The molecule has 6 nitrogen and oxygen atoms in total. The number of carbonyl (C=O) groups is 1. The highest BCUT2D eigenvalue weighted by molar-refractivity contribution is 5.78. The lowest BCUT2D eigenvalue weighted by molar-refractivity contribution is -0.908. The molecule has 0 fully saturated rings. The molecule has 0 saturated heterocycles. The molecule has 3 aromatic rings. The molecular weight excluding hydrogens is 364 g/mol. The zero-order valence-electron chi connectivity index (χ0n) is 17.5. The summed E-state index contributed by atoms with van der Waals surface area (Å²) in [4.78, 5) is 30.2. The first-order chi connectivity index (χ1) is 13.6. The summed E-state index contributed by atoms with van der Waals surface area (Å²) in [5.41, 5.74) is 8.41. The van der Waals surface area contributed by atoms with Gasteiger partial charge in [-0.05, 0) is 23.1 Å². The molecule has 2 aromatic carbocycles. The van der Waals surface area contributed by atoms with E-state index in [1.54, 1.807) is 12.1 Å². The first kappa shape index (κ1) is 20.7. The number of nitrogens with zero attached hydrogens (tertiary/aromatic N) is 2. The monoisotopic (exact) mass is 393 g/mol. The fourth-order valence-electron chi connectivity index (χ4n) is 3.47. The topological polar surface area (TPSA) is 82.4 Å². The normalized spacial score (nSPS) is 12.8. The Morgan fingerprint density at radius 2 is 1.72 bits per heavy atom. The molecule has 29 heavy (non-hydrogen) atoms. The van der Waals surface area contributed by atoms with Crippen molar-refractivity contribution in [3.05, 3.63) is 75.8 Å². The first-order valence-electron chi connectivity index (χ1n) is 9.82. The van der Waals surface area contributed by atoms with Crippen LogP contribution in [0.5, 0.6) is 0 Å². The zero-order chi connectivity index (χ0) is 21.2. The molecule has 1 unspecified atom stereocenters. The van der Waals surface area contributed by atoms with Gasteiger partial charge in [-0.25, -0.2) is 4.98 Å². The number of nitrogens with two attached hydrogens (primary N) is 1. The molecule has 1 heterocycles. The Bertz CT molecular complexity index is 1080. The van der Waals surface area contributed by atoms with E-state index in [0.29, 0.717) is 23.3 Å². The summed E-state index contributed by atoms with van der Waals surface area (Å²) >= 11 is 0. The number of para-hydroxylation sites is 1. The van der Waals surface area contributed by atoms with Gasteiger partial charge in [0.05, 0.1) is 18.0 Å². The van der Waals surface area contributed by atoms with Crippen molar-refractivity contribution in [1.29, 1.82) is 0 Å². The van der Waals surface area contributed by atoms with Crippen LogP contribution in [0.15, 0.2) is 53.3 Å². The highest BCUT2D eigenvalue weighted by Crippen LogP contribution is 2.22. The lowest BCUT2D eigenvalue weighted by Crippen LogP contribution is -3.06. The number of quaternary nitrogens is 1. The molecular formula is C23H29N4O2+. The minimum atomic E-state index is -0.555. The Balaban J connectivity index is 1.86. The SMILES string of the molecule is C[NH+](Cc1ccc(C(C)(C)C)cc1)Cc1nc2ccccc2c(=O)n1CC(N)=O. The minimum absolute atomic E-state index is 0.122. The van der Waals surface area contributed by atoms with Gasteiger partial charge in [-0.15, -0.1) is 0 Å². The molecule has 0 aliphatic carbocycles. The maximum absolute atomic E-state index is 12.9. The number of fused-ring (bicyclic) bond motifs is 1. The molecule has 0 bridgehead atoms. The third-order valence-electron chi connectivity index (χ3n) is 5.04. The van der Waals surface area contributed by atoms with Crippen LogP contribution < -0.4 is 16.2 Å². The van der Waals surface area contributed by atoms with E-state index in [2.05, 4.69) is 50.0 Å². The van der Waals surface area contributed by atoms with Crippen LogP contribution in [0.25, 0.3) is 10.9 Å². The van der Waals surface area contributed by atoms with Crippen LogP contribution in [0.4, 0.5) is 0 Å². The van der Waals surface area contributed by atoms with Gasteiger partial charge in [-0.1, -0.05) is 57.2 Å². The number of hydrogen-bond acceptors (Lipinski definition) is 3. The molecule has 152 valence electrons. The molecule has 1 aromatic heterocycles. The van der Waals surface area contributed by atoms with Crippen LogP contribution >= 0.6 is 0 Å². The predicted molar refractivity (Wildman–Crippen MR) is 115 cm³/mol. The van der Waals surface area contributed by atoms with Crippen molar-refractivity contribution in [3.63, 3.8) is 0 Å². The number of amides is 1. The average molecular weight is 394 g/mol. The van der Waals surface area contributed by atoms with E-state index in [4.69, 9.17) is 5.73 Å². The van der Waals surface area contributed by atoms with Crippen molar-refractivity contribution in [2.45, 2.75) is 45.8 Å². The van der Waals surface area contributed by atoms with Crippen LogP contribution in [-0.2, 0) is 29.8 Å². The van der Waals surface area contributed by atoms with Crippen molar-refractivity contribution >= 4 is 16.8 Å². The third kappa shape index (κ3) is 4.90. The van der Waals surface area contributed by atoms with E-state index in [0.717, 1.165) is 11.4 Å². The van der Waals surface area contributed by atoms with Crippen LogP contribution in [-0.4, -0.2) is 22.5 Å². The van der Waals surface area contributed by atoms with Gasteiger partial charge in [0, 0.05) is 5.56 Å². The molecule has 6 heteroatoms. The van der Waals surface area contributed by atoms with Gasteiger partial charge < -0.3 is 10.6 Å². The van der Waals surface area contributed by atoms with Crippen LogP contribution in [0.1, 0.15) is 37.7 Å². The molecule has 0 spiro atoms. The molecule has 0 radical (unpaired) electrons. The standard InChI is InChI=1S/C23H28N4O2/c1-23(2,3)17-11-9-16(10-12-17)13-26(4)15-21-25-19-8-6-5-7-18(19)22(29)27(21)14-20(24)28/h5-12H,13-15H2,1-4H3,(H2,24,28)/p+1. The Kier molecular flexibility index (Phi) is 5.84. The second kappa shape index (κ2) is 8.17. The second-order valence-electron chi connectivity index (χ2n) is 8.66. The van der Waals surface area contributed by atoms with Gasteiger partial charge in [0.1, 0.15) is 19.6 Å². The van der Waals surface area contributed by atoms with E-state index in [-0.39, 0.29) is 17.5 Å². The van der Waals surface area contributed by atoms with Gasteiger partial charge in [0.2, 0.25) is 5.91 Å². The van der Waals surface area contributed by atoms with Gasteiger partial charge in [0.15, 0.2) is 5.82 Å². The lowest BCUT2D eigenvalue weighted by atomic mass is 9.87. The van der Waals surface area contributed by atoms with E-state index in [1.807, 2.05) is 19.2 Å². The molecule has 3 rings (SSSR count). The molecule has 3 N–H and O–H groups in total. The van der Waals surface area contributed by atoms with Crippen molar-refractivity contribution in [2.24, 2.45) is 5.73 Å². The summed E-state index contributed by atoms with van der Waals surface area (Å²) in [5.74, 6) is 0.0113. The smallest absolute Gasteiger partial charge is 0.262 e. The number of rotatable bonds is 6. The summed E-state index contributed by atoms with van der Waals surface area (Å²) in [7, 11) is 2.05. The molecule has 1 atom stereocenters. The Morgan fingerprint density at radius 1 is 1.07 bits per heavy atom. The molecule has 0 saturated carbocycles. The van der Waals surface area contributed by atoms with Gasteiger partial charge in [-0.3, -0.25) is 14.2 Å². The Labute approximate surface area is 171 Å². The van der Waals surface area contributed by atoms with Crippen molar-refractivity contribution in [2.75, 3.05) is 7.05 Å². The maximum atomic E-state index is 12.9. The number of aromatic nitrogens is 2. The van der Waals surface area contributed by atoms with E-state index < -0.39 is 5.91 Å². The Morgan fingerprint density at radius 3 is 2.34 bits per heavy atom. The third-order valence-corrected chi connectivity index (χ3v) is 5.04. The first-order valence-corrected chi connectivity index (χ1v) is 9.82. The predicted octanol–water partition coefficient (Wildman–Crippen LogP) is 1.39. The summed E-state index contributed by atoms with van der Waals surface area (Å²) in [6.07, 6.45) is 0. The number of primary amides is 1.